The van der Waals surface area contributed by atoms with Crippen LogP contribution in [0.1, 0.15) is 5.56 Å². The van der Waals surface area contributed by atoms with E-state index < -0.39 is 20.8 Å². The minimum atomic E-state index is -3.45. The number of nitro groups is 1. The molecule has 132 valence electrons. The first kappa shape index (κ1) is 18.7. The van der Waals surface area contributed by atoms with Crippen molar-refractivity contribution in [2.24, 2.45) is 0 Å². The number of benzene rings is 2. The molecule has 0 atom stereocenters. The summed E-state index contributed by atoms with van der Waals surface area (Å²) in [6.07, 6.45) is 1.04. The Kier molecular flexibility index (Phi) is 5.60. The van der Waals surface area contributed by atoms with Gasteiger partial charge in [-0.2, -0.15) is 0 Å². The fourth-order valence-corrected chi connectivity index (χ4v) is 2.82. The maximum Gasteiger partial charge on any atom is 0.319 e. The summed E-state index contributed by atoms with van der Waals surface area (Å²) in [5.41, 5.74) is 0.336. The van der Waals surface area contributed by atoms with Crippen LogP contribution < -0.4 is 10.6 Å². The van der Waals surface area contributed by atoms with E-state index in [1.807, 2.05) is 0 Å². The van der Waals surface area contributed by atoms with Crippen LogP contribution in [0.4, 0.5) is 16.2 Å². The molecule has 10 heteroatoms. The number of nitrogens with one attached hydrogen (secondary N) is 2. The van der Waals surface area contributed by atoms with Crippen molar-refractivity contribution in [1.82, 2.24) is 5.32 Å². The summed E-state index contributed by atoms with van der Waals surface area (Å²) in [6, 6.07) is 9.25. The van der Waals surface area contributed by atoms with Gasteiger partial charge in [-0.25, -0.2) is 13.2 Å². The lowest BCUT2D eigenvalue weighted by Crippen LogP contribution is -2.28. The van der Waals surface area contributed by atoms with Gasteiger partial charge >= 0.3 is 6.03 Å². The van der Waals surface area contributed by atoms with Gasteiger partial charge in [0.15, 0.2) is 9.84 Å². The van der Waals surface area contributed by atoms with Crippen LogP contribution in [0, 0.1) is 10.1 Å². The first-order valence-electron chi connectivity index (χ1n) is 6.95. The van der Waals surface area contributed by atoms with E-state index >= 15 is 0 Å². The highest BCUT2D eigenvalue weighted by molar-refractivity contribution is 7.90. The van der Waals surface area contributed by atoms with Crippen LogP contribution in [0.5, 0.6) is 0 Å². The highest BCUT2D eigenvalue weighted by atomic mass is 35.5. The predicted octanol–water partition coefficient (Wildman–Crippen LogP) is 2.97. The lowest BCUT2D eigenvalue weighted by Gasteiger charge is -2.10. The number of hydrogen-bond donors (Lipinski definition) is 2. The number of carbonyl (C=O) groups excluding carboxylic acids is 1. The lowest BCUT2D eigenvalue weighted by atomic mass is 10.2. The maximum atomic E-state index is 12.0. The number of carbonyl (C=O) groups is 1. The molecule has 2 rings (SSSR count). The molecular weight excluding hydrogens is 370 g/mol. The molecule has 0 bridgehead atoms. The van der Waals surface area contributed by atoms with Crippen LogP contribution in [-0.4, -0.2) is 25.6 Å². The third-order valence-corrected chi connectivity index (χ3v) is 4.68. The molecular formula is C15H14ClN3O5S. The van der Waals surface area contributed by atoms with Gasteiger partial charge in [-0.1, -0.05) is 29.8 Å². The molecule has 0 saturated carbocycles. The molecule has 0 heterocycles. The van der Waals surface area contributed by atoms with Gasteiger partial charge in [0.05, 0.1) is 27.1 Å². The van der Waals surface area contributed by atoms with Crippen LogP contribution in [-0.2, 0) is 16.4 Å². The van der Waals surface area contributed by atoms with E-state index in [2.05, 4.69) is 10.6 Å². The van der Waals surface area contributed by atoms with Gasteiger partial charge in [-0.15, -0.1) is 0 Å². The number of nitro benzene ring substituents is 1. The quantitative estimate of drug-likeness (QED) is 0.607. The molecule has 0 aromatic heterocycles. The molecule has 2 aromatic carbocycles. The third kappa shape index (κ3) is 4.91. The Bertz CT molecular complexity index is 931. The van der Waals surface area contributed by atoms with Crippen molar-refractivity contribution in [2.75, 3.05) is 11.6 Å². The highest BCUT2D eigenvalue weighted by Gasteiger charge is 2.15. The average molecular weight is 384 g/mol. The Morgan fingerprint density at radius 2 is 1.92 bits per heavy atom. The van der Waals surface area contributed by atoms with E-state index in [-0.39, 0.29) is 27.8 Å². The van der Waals surface area contributed by atoms with E-state index in [0.29, 0.717) is 5.56 Å². The van der Waals surface area contributed by atoms with E-state index in [9.17, 15) is 23.3 Å². The number of urea groups is 1. The highest BCUT2D eigenvalue weighted by Crippen LogP contribution is 2.25. The number of sulfone groups is 1. The molecule has 0 saturated heterocycles. The normalized spacial score (nSPS) is 11.0. The van der Waals surface area contributed by atoms with Gasteiger partial charge in [0, 0.05) is 17.9 Å². The Morgan fingerprint density at radius 1 is 1.24 bits per heavy atom. The van der Waals surface area contributed by atoms with Crippen LogP contribution in [0.15, 0.2) is 47.4 Å². The molecule has 0 aliphatic heterocycles. The zero-order valence-electron chi connectivity index (χ0n) is 13.0. The molecule has 0 aliphatic carbocycles. The van der Waals surface area contributed by atoms with Crippen molar-refractivity contribution in [3.05, 3.63) is 63.2 Å². The third-order valence-electron chi connectivity index (χ3n) is 3.24. The van der Waals surface area contributed by atoms with E-state index in [1.165, 1.54) is 36.4 Å². The second kappa shape index (κ2) is 7.49. The van der Waals surface area contributed by atoms with E-state index in [4.69, 9.17) is 11.6 Å². The topological polar surface area (TPSA) is 118 Å². The minimum Gasteiger partial charge on any atom is -0.334 e. The molecule has 2 amide bonds. The van der Waals surface area contributed by atoms with Crippen molar-refractivity contribution in [3.63, 3.8) is 0 Å². The molecule has 2 aromatic rings. The SMILES string of the molecule is CS(=O)(=O)c1ccc(Cl)c(NC(=O)NCc2ccccc2[N+](=O)[O-])c1. The second-order valence-corrected chi connectivity index (χ2v) is 7.53. The van der Waals surface area contributed by atoms with Gasteiger partial charge in [-0.3, -0.25) is 10.1 Å². The average Bonchev–Trinajstić information content (AvgIpc) is 2.54. The van der Waals surface area contributed by atoms with Gasteiger partial charge in [0.2, 0.25) is 0 Å². The standard InChI is InChI=1S/C15H14ClN3O5S/c1-25(23,24)11-6-7-12(16)13(8-11)18-15(20)17-9-10-4-2-3-5-14(10)19(21)22/h2-8H,9H2,1H3,(H2,17,18,20). The number of anilines is 1. The smallest absolute Gasteiger partial charge is 0.319 e. The number of hydrogen-bond acceptors (Lipinski definition) is 5. The molecule has 0 radical (unpaired) electrons. The maximum absolute atomic E-state index is 12.0. The number of amides is 2. The van der Waals surface area contributed by atoms with Crippen molar-refractivity contribution in [2.45, 2.75) is 11.4 Å². The summed E-state index contributed by atoms with van der Waals surface area (Å²) < 4.78 is 23.1. The summed E-state index contributed by atoms with van der Waals surface area (Å²) in [7, 11) is -3.45. The molecule has 2 N–H and O–H groups in total. The lowest BCUT2D eigenvalue weighted by molar-refractivity contribution is -0.385. The van der Waals surface area contributed by atoms with Crippen molar-refractivity contribution in [1.29, 1.82) is 0 Å². The summed E-state index contributed by atoms with van der Waals surface area (Å²) in [6.45, 7) is -0.0770. The predicted molar refractivity (Wildman–Crippen MR) is 93.5 cm³/mol. The Labute approximate surface area is 148 Å². The van der Waals surface area contributed by atoms with Gasteiger partial charge in [-0.05, 0) is 18.2 Å². The minimum absolute atomic E-state index is 0.00546. The molecule has 0 aliphatic rings. The van der Waals surface area contributed by atoms with Crippen molar-refractivity contribution >= 4 is 38.8 Å². The summed E-state index contributed by atoms with van der Waals surface area (Å²) in [5.74, 6) is 0. The summed E-state index contributed by atoms with van der Waals surface area (Å²) in [5, 5.41) is 16.0. The first-order chi connectivity index (χ1) is 11.7. The molecule has 25 heavy (non-hydrogen) atoms. The number of halogens is 1. The number of para-hydroxylation sites is 1. The molecule has 8 nitrogen and oxygen atoms in total. The number of rotatable bonds is 5. The van der Waals surface area contributed by atoms with Crippen LogP contribution in [0.25, 0.3) is 0 Å². The Morgan fingerprint density at radius 3 is 2.56 bits per heavy atom. The van der Waals surface area contributed by atoms with E-state index in [0.717, 1.165) is 6.26 Å². The molecule has 0 spiro atoms. The zero-order chi connectivity index (χ0) is 18.6. The zero-order valence-corrected chi connectivity index (χ0v) is 14.6. The summed E-state index contributed by atoms with van der Waals surface area (Å²) >= 11 is 5.95. The fraction of sp³-hybridized carbons (Fsp3) is 0.133. The largest absolute Gasteiger partial charge is 0.334 e. The Balaban J connectivity index is 2.10. The Hall–Kier alpha value is -2.65. The first-order valence-corrected chi connectivity index (χ1v) is 9.22. The van der Waals surface area contributed by atoms with Crippen molar-refractivity contribution < 1.29 is 18.1 Å². The van der Waals surface area contributed by atoms with Crippen LogP contribution in [0.2, 0.25) is 5.02 Å². The van der Waals surface area contributed by atoms with Gasteiger partial charge < -0.3 is 10.6 Å². The molecule has 0 unspecified atom stereocenters. The molecule has 0 fully saturated rings. The van der Waals surface area contributed by atoms with Gasteiger partial charge in [0.25, 0.3) is 5.69 Å². The second-order valence-electron chi connectivity index (χ2n) is 5.11. The monoisotopic (exact) mass is 383 g/mol. The number of nitrogens with zero attached hydrogens (tertiary/aromatic N) is 1. The fourth-order valence-electron chi connectivity index (χ4n) is 2.01. The van der Waals surface area contributed by atoms with Crippen LogP contribution in [0.3, 0.4) is 0 Å². The van der Waals surface area contributed by atoms with Gasteiger partial charge in [0.1, 0.15) is 0 Å². The summed E-state index contributed by atoms with van der Waals surface area (Å²) in [4.78, 5) is 22.4. The van der Waals surface area contributed by atoms with Crippen LogP contribution >= 0.6 is 11.6 Å². The van der Waals surface area contributed by atoms with E-state index in [1.54, 1.807) is 6.07 Å². The van der Waals surface area contributed by atoms with Crippen molar-refractivity contribution in [3.8, 4) is 0 Å².